The molecule has 0 bridgehead atoms. The number of alkyl halides is 1. The third kappa shape index (κ3) is 2.18. The average Bonchev–Trinajstić information content (AvgIpc) is 2.61. The Labute approximate surface area is 92.2 Å². The van der Waals surface area contributed by atoms with E-state index < -0.39 is 0 Å². The van der Waals surface area contributed by atoms with E-state index in [-0.39, 0.29) is 11.9 Å². The van der Waals surface area contributed by atoms with Crippen LogP contribution in [0.2, 0.25) is 0 Å². The maximum absolute atomic E-state index is 11.8. The first-order valence-electron chi connectivity index (χ1n) is 4.45. The Morgan fingerprint density at radius 3 is 2.79 bits per heavy atom. The van der Waals surface area contributed by atoms with Crippen molar-refractivity contribution in [1.29, 1.82) is 0 Å². The smallest absolute Gasteiger partial charge is 0.289 e. The van der Waals surface area contributed by atoms with Gasteiger partial charge < -0.3 is 9.32 Å². The van der Waals surface area contributed by atoms with Gasteiger partial charge in [0.1, 0.15) is 0 Å². The summed E-state index contributed by atoms with van der Waals surface area (Å²) >= 11 is 3.34. The van der Waals surface area contributed by atoms with E-state index in [4.69, 9.17) is 4.42 Å². The van der Waals surface area contributed by atoms with Gasteiger partial charge in [0.15, 0.2) is 5.76 Å². The van der Waals surface area contributed by atoms with E-state index in [0.717, 1.165) is 10.9 Å². The Bertz CT molecular complexity index is 322. The fourth-order valence-electron chi connectivity index (χ4n) is 1.06. The second-order valence-corrected chi connectivity index (χ2v) is 4.00. The maximum atomic E-state index is 11.8. The Morgan fingerprint density at radius 2 is 2.36 bits per heavy atom. The summed E-state index contributed by atoms with van der Waals surface area (Å²) in [5.41, 5.74) is 0.878. The third-order valence-electron chi connectivity index (χ3n) is 2.26. The molecule has 0 saturated carbocycles. The molecule has 0 radical (unpaired) electrons. The van der Waals surface area contributed by atoms with Gasteiger partial charge in [-0.05, 0) is 19.9 Å². The summed E-state index contributed by atoms with van der Waals surface area (Å²) in [5.74, 6) is 0.361. The van der Waals surface area contributed by atoms with Crippen LogP contribution in [-0.4, -0.2) is 29.2 Å². The van der Waals surface area contributed by atoms with Crippen LogP contribution in [0.1, 0.15) is 23.0 Å². The Balaban J connectivity index is 2.81. The van der Waals surface area contributed by atoms with Gasteiger partial charge in [0.2, 0.25) is 0 Å². The Hall–Kier alpha value is -0.770. The van der Waals surface area contributed by atoms with Crippen molar-refractivity contribution in [2.24, 2.45) is 0 Å². The van der Waals surface area contributed by atoms with Crippen molar-refractivity contribution in [2.75, 3.05) is 12.4 Å². The van der Waals surface area contributed by atoms with Gasteiger partial charge >= 0.3 is 0 Å². The van der Waals surface area contributed by atoms with Crippen molar-refractivity contribution in [1.82, 2.24) is 4.90 Å². The number of rotatable bonds is 3. The standard InChI is InChI=1S/C10H14BrNO2/c1-7-4-5-14-9(7)10(13)12(3)8(2)6-11/h4-5,8H,6H2,1-3H3. The zero-order chi connectivity index (χ0) is 10.7. The second kappa shape index (κ2) is 4.64. The molecule has 1 aromatic heterocycles. The fourth-order valence-corrected chi connectivity index (χ4v) is 1.49. The number of furan rings is 1. The molecule has 0 aliphatic carbocycles. The summed E-state index contributed by atoms with van der Waals surface area (Å²) in [4.78, 5) is 13.5. The molecule has 1 atom stereocenters. The van der Waals surface area contributed by atoms with Crippen molar-refractivity contribution < 1.29 is 9.21 Å². The number of amides is 1. The molecule has 0 aromatic carbocycles. The fraction of sp³-hybridized carbons (Fsp3) is 0.500. The summed E-state index contributed by atoms with van der Waals surface area (Å²) in [5, 5.41) is 0.759. The summed E-state index contributed by atoms with van der Waals surface area (Å²) < 4.78 is 5.14. The molecular weight excluding hydrogens is 246 g/mol. The molecule has 1 aromatic rings. The monoisotopic (exact) mass is 259 g/mol. The second-order valence-electron chi connectivity index (χ2n) is 3.35. The highest BCUT2D eigenvalue weighted by Crippen LogP contribution is 2.13. The Morgan fingerprint density at radius 1 is 1.71 bits per heavy atom. The molecule has 3 nitrogen and oxygen atoms in total. The molecule has 0 aliphatic rings. The molecule has 78 valence electrons. The van der Waals surface area contributed by atoms with Gasteiger partial charge in [-0.2, -0.15) is 0 Å². The van der Waals surface area contributed by atoms with Gasteiger partial charge in [0, 0.05) is 24.0 Å². The minimum atomic E-state index is -0.0700. The zero-order valence-corrected chi connectivity index (χ0v) is 10.2. The molecular formula is C10H14BrNO2. The van der Waals surface area contributed by atoms with E-state index in [9.17, 15) is 4.79 Å². The minimum absolute atomic E-state index is 0.0700. The first kappa shape index (κ1) is 11.3. The predicted molar refractivity (Wildman–Crippen MR) is 58.8 cm³/mol. The maximum Gasteiger partial charge on any atom is 0.289 e. The van der Waals surface area contributed by atoms with Crippen LogP contribution in [0.4, 0.5) is 0 Å². The summed E-state index contributed by atoms with van der Waals surface area (Å²) in [6.07, 6.45) is 1.54. The number of nitrogens with zero attached hydrogens (tertiary/aromatic N) is 1. The number of halogens is 1. The van der Waals surface area contributed by atoms with Gasteiger partial charge in [-0.1, -0.05) is 15.9 Å². The van der Waals surface area contributed by atoms with Gasteiger partial charge in [0.25, 0.3) is 5.91 Å². The number of carbonyl (C=O) groups is 1. The van der Waals surface area contributed by atoms with Crippen LogP contribution in [-0.2, 0) is 0 Å². The third-order valence-corrected chi connectivity index (χ3v) is 3.20. The van der Waals surface area contributed by atoms with Crippen molar-refractivity contribution in [3.8, 4) is 0 Å². The van der Waals surface area contributed by atoms with Gasteiger partial charge in [-0.15, -0.1) is 0 Å². The molecule has 0 aliphatic heterocycles. The van der Waals surface area contributed by atoms with E-state index in [2.05, 4.69) is 15.9 Å². The summed E-state index contributed by atoms with van der Waals surface area (Å²) in [7, 11) is 1.77. The summed E-state index contributed by atoms with van der Waals surface area (Å²) in [6.45, 7) is 3.84. The van der Waals surface area contributed by atoms with Crippen molar-refractivity contribution in [3.05, 3.63) is 23.7 Å². The van der Waals surface area contributed by atoms with Crippen LogP contribution in [0.5, 0.6) is 0 Å². The first-order chi connectivity index (χ1) is 6.57. The van der Waals surface area contributed by atoms with Crippen molar-refractivity contribution in [3.63, 3.8) is 0 Å². The van der Waals surface area contributed by atoms with E-state index in [1.165, 1.54) is 6.26 Å². The first-order valence-corrected chi connectivity index (χ1v) is 5.57. The topological polar surface area (TPSA) is 33.5 Å². The lowest BCUT2D eigenvalue weighted by atomic mass is 10.2. The zero-order valence-electron chi connectivity index (χ0n) is 8.58. The normalized spacial score (nSPS) is 12.6. The SMILES string of the molecule is Cc1ccoc1C(=O)N(C)C(C)CBr. The number of hydrogen-bond donors (Lipinski definition) is 0. The largest absolute Gasteiger partial charge is 0.459 e. The van der Waals surface area contributed by atoms with E-state index in [1.807, 2.05) is 13.8 Å². The molecule has 0 fully saturated rings. The van der Waals surface area contributed by atoms with Gasteiger partial charge in [-0.3, -0.25) is 4.79 Å². The highest BCUT2D eigenvalue weighted by Gasteiger charge is 2.20. The quantitative estimate of drug-likeness (QED) is 0.782. The van der Waals surface area contributed by atoms with E-state index in [0.29, 0.717) is 5.76 Å². The lowest BCUT2D eigenvalue weighted by molar-refractivity contribution is 0.0725. The van der Waals surface area contributed by atoms with Gasteiger partial charge in [0.05, 0.1) is 6.26 Å². The highest BCUT2D eigenvalue weighted by atomic mass is 79.9. The summed E-state index contributed by atoms with van der Waals surface area (Å²) in [6, 6.07) is 1.95. The van der Waals surface area contributed by atoms with E-state index >= 15 is 0 Å². The molecule has 1 rings (SSSR count). The van der Waals surface area contributed by atoms with Crippen LogP contribution in [0.15, 0.2) is 16.7 Å². The van der Waals surface area contributed by atoms with Crippen molar-refractivity contribution in [2.45, 2.75) is 19.9 Å². The average molecular weight is 260 g/mol. The molecule has 4 heteroatoms. The lowest BCUT2D eigenvalue weighted by Crippen LogP contribution is -2.36. The number of aryl methyl sites for hydroxylation is 1. The van der Waals surface area contributed by atoms with Crippen molar-refractivity contribution >= 4 is 21.8 Å². The molecule has 0 spiro atoms. The van der Waals surface area contributed by atoms with Crippen LogP contribution in [0.25, 0.3) is 0 Å². The number of carbonyl (C=O) groups excluding carboxylic acids is 1. The lowest BCUT2D eigenvalue weighted by Gasteiger charge is -2.22. The van der Waals surface area contributed by atoms with Gasteiger partial charge in [-0.25, -0.2) is 0 Å². The predicted octanol–water partition coefficient (Wildman–Crippen LogP) is 2.44. The molecule has 14 heavy (non-hydrogen) atoms. The Kier molecular flexibility index (Phi) is 3.75. The highest BCUT2D eigenvalue weighted by molar-refractivity contribution is 9.09. The number of hydrogen-bond acceptors (Lipinski definition) is 2. The molecule has 1 heterocycles. The van der Waals surface area contributed by atoms with Crippen LogP contribution in [0.3, 0.4) is 0 Å². The molecule has 1 amide bonds. The molecule has 1 unspecified atom stereocenters. The van der Waals surface area contributed by atoms with Crippen LogP contribution >= 0.6 is 15.9 Å². The van der Waals surface area contributed by atoms with Crippen LogP contribution < -0.4 is 0 Å². The molecule has 0 N–H and O–H groups in total. The minimum Gasteiger partial charge on any atom is -0.459 e. The van der Waals surface area contributed by atoms with Crippen LogP contribution in [0, 0.1) is 6.92 Å². The van der Waals surface area contributed by atoms with E-state index in [1.54, 1.807) is 18.0 Å². The molecule has 0 saturated heterocycles.